The highest BCUT2D eigenvalue weighted by atomic mass is 15.2. The summed E-state index contributed by atoms with van der Waals surface area (Å²) < 4.78 is 0. The van der Waals surface area contributed by atoms with Crippen molar-refractivity contribution in [2.45, 2.75) is 51.5 Å². The smallest absolute Gasteiger partial charge is 0.0399 e. The minimum absolute atomic E-state index is 0.361. The largest absolute Gasteiger partial charge is 0.369 e. The van der Waals surface area contributed by atoms with Crippen LogP contribution in [0.1, 0.15) is 43.7 Å². The van der Waals surface area contributed by atoms with Gasteiger partial charge in [-0.25, -0.2) is 0 Å². The molecule has 1 aromatic rings. The number of fused-ring (bicyclic) bond motifs is 1. The summed E-state index contributed by atoms with van der Waals surface area (Å²) >= 11 is 0. The molecule has 2 heterocycles. The van der Waals surface area contributed by atoms with Gasteiger partial charge in [-0.3, -0.25) is 0 Å². The zero-order valence-corrected chi connectivity index (χ0v) is 12.3. The third-order valence-electron chi connectivity index (χ3n) is 4.95. The normalized spacial score (nSPS) is 26.5. The van der Waals surface area contributed by atoms with Crippen LogP contribution >= 0.6 is 0 Å². The SMILES string of the molecule is CCC1(CN2CCCc3cc(C)ccc32)CCCN1. The first kappa shape index (κ1) is 13.0. The van der Waals surface area contributed by atoms with Crippen molar-refractivity contribution in [3.8, 4) is 0 Å². The molecule has 0 radical (unpaired) electrons. The van der Waals surface area contributed by atoms with Gasteiger partial charge in [-0.05, 0) is 57.2 Å². The molecule has 1 atom stereocenters. The Morgan fingerprint density at radius 2 is 2.21 bits per heavy atom. The van der Waals surface area contributed by atoms with Crippen LogP contribution in [-0.4, -0.2) is 25.2 Å². The lowest BCUT2D eigenvalue weighted by Crippen LogP contribution is -2.50. The maximum atomic E-state index is 3.77. The van der Waals surface area contributed by atoms with Crippen molar-refractivity contribution in [3.05, 3.63) is 29.3 Å². The Bertz CT molecular complexity index is 447. The second-order valence-corrected chi connectivity index (χ2v) is 6.32. The predicted octanol–water partition coefficient (Wildman–Crippen LogP) is 3.28. The molecule has 3 rings (SSSR count). The van der Waals surface area contributed by atoms with Crippen molar-refractivity contribution in [1.29, 1.82) is 0 Å². The average molecular weight is 258 g/mol. The maximum absolute atomic E-state index is 3.77. The number of aryl methyl sites for hydroxylation is 2. The lowest BCUT2D eigenvalue weighted by Gasteiger charge is -2.39. The van der Waals surface area contributed by atoms with Crippen LogP contribution in [-0.2, 0) is 6.42 Å². The summed E-state index contributed by atoms with van der Waals surface area (Å²) in [4.78, 5) is 2.63. The van der Waals surface area contributed by atoms with E-state index in [-0.39, 0.29) is 0 Å². The Morgan fingerprint density at radius 1 is 1.32 bits per heavy atom. The molecule has 0 bridgehead atoms. The van der Waals surface area contributed by atoms with E-state index in [1.807, 2.05) is 0 Å². The van der Waals surface area contributed by atoms with E-state index in [1.165, 1.54) is 63.0 Å². The zero-order valence-electron chi connectivity index (χ0n) is 12.3. The lowest BCUT2D eigenvalue weighted by atomic mass is 9.91. The van der Waals surface area contributed by atoms with Gasteiger partial charge < -0.3 is 10.2 Å². The lowest BCUT2D eigenvalue weighted by molar-refractivity contribution is 0.359. The number of rotatable bonds is 3. The van der Waals surface area contributed by atoms with E-state index in [4.69, 9.17) is 0 Å². The Hall–Kier alpha value is -1.02. The predicted molar refractivity (Wildman–Crippen MR) is 82.0 cm³/mol. The molecule has 19 heavy (non-hydrogen) atoms. The number of anilines is 1. The van der Waals surface area contributed by atoms with Gasteiger partial charge in [-0.2, -0.15) is 0 Å². The van der Waals surface area contributed by atoms with Crippen LogP contribution in [0, 0.1) is 6.92 Å². The Kier molecular flexibility index (Phi) is 3.53. The first-order chi connectivity index (χ1) is 9.22. The van der Waals surface area contributed by atoms with E-state index in [0.29, 0.717) is 5.54 Å². The van der Waals surface area contributed by atoms with Gasteiger partial charge in [0.15, 0.2) is 0 Å². The van der Waals surface area contributed by atoms with Crippen LogP contribution in [0.2, 0.25) is 0 Å². The van der Waals surface area contributed by atoms with E-state index >= 15 is 0 Å². The van der Waals surface area contributed by atoms with E-state index < -0.39 is 0 Å². The van der Waals surface area contributed by atoms with E-state index in [2.05, 4.69) is 42.3 Å². The van der Waals surface area contributed by atoms with Gasteiger partial charge in [0.05, 0.1) is 0 Å². The monoisotopic (exact) mass is 258 g/mol. The summed E-state index contributed by atoms with van der Waals surface area (Å²) in [5.74, 6) is 0. The fourth-order valence-corrected chi connectivity index (χ4v) is 3.75. The molecule has 1 saturated heterocycles. The van der Waals surface area contributed by atoms with Crippen molar-refractivity contribution in [3.63, 3.8) is 0 Å². The average Bonchev–Trinajstić information content (AvgIpc) is 2.88. The van der Waals surface area contributed by atoms with E-state index in [9.17, 15) is 0 Å². The molecule has 0 aromatic heterocycles. The fourth-order valence-electron chi connectivity index (χ4n) is 3.75. The van der Waals surface area contributed by atoms with Crippen LogP contribution < -0.4 is 10.2 Å². The highest BCUT2D eigenvalue weighted by Gasteiger charge is 2.34. The van der Waals surface area contributed by atoms with Crippen LogP contribution in [0.25, 0.3) is 0 Å². The summed E-state index contributed by atoms with van der Waals surface area (Å²) in [7, 11) is 0. The summed E-state index contributed by atoms with van der Waals surface area (Å²) in [6.45, 7) is 8.13. The van der Waals surface area contributed by atoms with Crippen LogP contribution in [0.4, 0.5) is 5.69 Å². The van der Waals surface area contributed by atoms with Gasteiger partial charge in [0, 0.05) is 24.3 Å². The number of benzene rings is 1. The molecule has 0 spiro atoms. The highest BCUT2D eigenvalue weighted by Crippen LogP contribution is 2.32. The second-order valence-electron chi connectivity index (χ2n) is 6.32. The standard InChI is InChI=1S/C17H26N2/c1-3-17(9-5-10-18-17)13-19-11-4-6-15-12-14(2)7-8-16(15)19/h7-8,12,18H,3-6,9-11,13H2,1-2H3. The van der Waals surface area contributed by atoms with Gasteiger partial charge in [-0.1, -0.05) is 24.6 Å². The first-order valence-electron chi connectivity index (χ1n) is 7.82. The highest BCUT2D eigenvalue weighted by molar-refractivity contribution is 5.57. The summed E-state index contributed by atoms with van der Waals surface area (Å²) in [6.07, 6.45) is 6.46. The van der Waals surface area contributed by atoms with Crippen molar-refractivity contribution < 1.29 is 0 Å². The molecule has 2 aliphatic heterocycles. The molecule has 2 aliphatic rings. The molecule has 0 saturated carbocycles. The third-order valence-corrected chi connectivity index (χ3v) is 4.95. The topological polar surface area (TPSA) is 15.3 Å². The number of nitrogens with one attached hydrogen (secondary N) is 1. The fraction of sp³-hybridized carbons (Fsp3) is 0.647. The molecule has 0 amide bonds. The first-order valence-corrected chi connectivity index (χ1v) is 7.82. The van der Waals surface area contributed by atoms with Crippen LogP contribution in [0.3, 0.4) is 0 Å². The van der Waals surface area contributed by atoms with Crippen molar-refractivity contribution >= 4 is 5.69 Å². The zero-order chi connectivity index (χ0) is 13.3. The van der Waals surface area contributed by atoms with Crippen LogP contribution in [0.15, 0.2) is 18.2 Å². The van der Waals surface area contributed by atoms with E-state index in [0.717, 1.165) is 0 Å². The van der Waals surface area contributed by atoms with E-state index in [1.54, 1.807) is 5.56 Å². The molecule has 1 N–H and O–H groups in total. The Morgan fingerprint density at radius 3 is 2.95 bits per heavy atom. The summed E-state index contributed by atoms with van der Waals surface area (Å²) in [6, 6.07) is 6.97. The minimum atomic E-state index is 0.361. The molecule has 2 heteroatoms. The molecule has 0 aliphatic carbocycles. The quantitative estimate of drug-likeness (QED) is 0.895. The van der Waals surface area contributed by atoms with Crippen molar-refractivity contribution in [1.82, 2.24) is 5.32 Å². The van der Waals surface area contributed by atoms with Crippen molar-refractivity contribution in [2.75, 3.05) is 24.5 Å². The summed E-state index contributed by atoms with van der Waals surface area (Å²) in [5, 5.41) is 3.77. The van der Waals surface area contributed by atoms with Gasteiger partial charge >= 0.3 is 0 Å². The molecular weight excluding hydrogens is 232 g/mol. The second kappa shape index (κ2) is 5.16. The Balaban J connectivity index is 1.83. The summed E-state index contributed by atoms with van der Waals surface area (Å²) in [5.41, 5.74) is 4.79. The molecule has 104 valence electrons. The molecule has 1 aromatic carbocycles. The van der Waals surface area contributed by atoms with Gasteiger partial charge in [0.2, 0.25) is 0 Å². The minimum Gasteiger partial charge on any atom is -0.369 e. The Labute approximate surface area is 117 Å². The number of nitrogens with zero attached hydrogens (tertiary/aromatic N) is 1. The number of hydrogen-bond acceptors (Lipinski definition) is 2. The van der Waals surface area contributed by atoms with Gasteiger partial charge in [0.25, 0.3) is 0 Å². The van der Waals surface area contributed by atoms with Crippen molar-refractivity contribution in [2.24, 2.45) is 0 Å². The molecular formula is C17H26N2. The molecule has 1 unspecified atom stereocenters. The number of hydrogen-bond donors (Lipinski definition) is 1. The maximum Gasteiger partial charge on any atom is 0.0399 e. The van der Waals surface area contributed by atoms with Gasteiger partial charge in [-0.15, -0.1) is 0 Å². The molecule has 1 fully saturated rings. The van der Waals surface area contributed by atoms with Crippen LogP contribution in [0.5, 0.6) is 0 Å². The van der Waals surface area contributed by atoms with Gasteiger partial charge in [0.1, 0.15) is 0 Å². The third kappa shape index (κ3) is 2.51. The molecule has 2 nitrogen and oxygen atoms in total.